The van der Waals surface area contributed by atoms with E-state index in [-0.39, 0.29) is 5.92 Å². The predicted molar refractivity (Wildman–Crippen MR) is 118 cm³/mol. The first-order valence-corrected chi connectivity index (χ1v) is 10.5. The molecule has 0 amide bonds. The van der Waals surface area contributed by atoms with Crippen molar-refractivity contribution in [3.8, 4) is 22.5 Å². The Morgan fingerprint density at radius 2 is 1.97 bits per heavy atom. The van der Waals surface area contributed by atoms with Crippen LogP contribution in [0.15, 0.2) is 54.9 Å². The van der Waals surface area contributed by atoms with Gasteiger partial charge in [-0.25, -0.2) is 4.98 Å². The number of hydrogen-bond donors (Lipinski definition) is 3. The summed E-state index contributed by atoms with van der Waals surface area (Å²) in [6.45, 7) is 2.75. The molecule has 154 valence electrons. The average Bonchev–Trinajstić information content (AvgIpc) is 3.50. The summed E-state index contributed by atoms with van der Waals surface area (Å²) in [5, 5.41) is 15.1. The predicted octanol–water partition coefficient (Wildman–Crippen LogP) is 4.08. The van der Waals surface area contributed by atoms with Gasteiger partial charge in [0, 0.05) is 23.9 Å². The number of benzene rings is 2. The van der Waals surface area contributed by atoms with E-state index >= 15 is 0 Å². The Morgan fingerprint density at radius 3 is 2.63 bits per heavy atom. The number of aromatic nitrogens is 6. The van der Waals surface area contributed by atoms with Crippen molar-refractivity contribution in [2.24, 2.45) is 5.73 Å². The molecule has 1 atom stereocenters. The minimum atomic E-state index is 0.164. The van der Waals surface area contributed by atoms with Crippen LogP contribution in [0.25, 0.3) is 22.5 Å². The van der Waals surface area contributed by atoms with E-state index in [1.807, 2.05) is 30.6 Å². The molecule has 4 rings (SSSR count). The quantitative estimate of drug-likeness (QED) is 0.391. The number of nitrogens with two attached hydrogens (primary N) is 1. The monoisotopic (exact) mass is 401 g/mol. The first-order valence-electron chi connectivity index (χ1n) is 10.5. The summed E-state index contributed by atoms with van der Waals surface area (Å²) in [5.41, 5.74) is 11.7. The number of unbranched alkanes of at least 4 members (excludes halogenated alkanes) is 1. The first kappa shape index (κ1) is 20.0. The van der Waals surface area contributed by atoms with Gasteiger partial charge in [-0.2, -0.15) is 5.21 Å². The van der Waals surface area contributed by atoms with Crippen LogP contribution in [0.5, 0.6) is 0 Å². The summed E-state index contributed by atoms with van der Waals surface area (Å²) < 4.78 is 0. The number of aromatic amines is 2. The molecule has 7 heteroatoms. The fraction of sp³-hybridized carbons (Fsp3) is 0.304. The molecule has 0 radical (unpaired) electrons. The van der Waals surface area contributed by atoms with Crippen LogP contribution in [0.2, 0.25) is 0 Å². The van der Waals surface area contributed by atoms with Crippen LogP contribution in [0.1, 0.15) is 49.1 Å². The molecule has 0 aliphatic heterocycles. The van der Waals surface area contributed by atoms with E-state index in [1.54, 1.807) is 0 Å². The van der Waals surface area contributed by atoms with Crippen LogP contribution in [0, 0.1) is 0 Å². The molecule has 0 saturated carbocycles. The fourth-order valence-corrected chi connectivity index (χ4v) is 4.10. The van der Waals surface area contributed by atoms with Crippen molar-refractivity contribution in [2.75, 3.05) is 6.54 Å². The summed E-state index contributed by atoms with van der Waals surface area (Å²) in [7, 11) is 0. The summed E-state index contributed by atoms with van der Waals surface area (Å²) in [6, 6.07) is 14.7. The van der Waals surface area contributed by atoms with Crippen LogP contribution in [0.4, 0.5) is 0 Å². The second kappa shape index (κ2) is 9.45. The van der Waals surface area contributed by atoms with Gasteiger partial charge in [0.15, 0.2) is 0 Å². The van der Waals surface area contributed by atoms with Gasteiger partial charge in [0.05, 0.1) is 0 Å². The van der Waals surface area contributed by atoms with Crippen molar-refractivity contribution in [2.45, 2.75) is 38.5 Å². The molecule has 4 aromatic rings. The van der Waals surface area contributed by atoms with Crippen molar-refractivity contribution >= 4 is 0 Å². The van der Waals surface area contributed by atoms with Gasteiger partial charge >= 0.3 is 0 Å². The lowest BCUT2D eigenvalue weighted by Gasteiger charge is -2.23. The molecule has 2 heterocycles. The number of nitrogens with zero attached hydrogens (tertiary/aromatic N) is 4. The standard InChI is InChI=1S/C23H27N7/c1-2-3-9-20(22-25-14-15-26-22)18-11-10-17(16-7-5-4-6-8-16)21(19(18)12-13-24)23-27-29-30-28-23/h4-8,10-11,14-15,20H,2-3,9,12-13,24H2,1H3,(H,25,26)(H,27,28,29,30). The zero-order valence-corrected chi connectivity index (χ0v) is 17.2. The Balaban J connectivity index is 1.94. The van der Waals surface area contributed by atoms with Crippen molar-refractivity contribution in [3.63, 3.8) is 0 Å². The van der Waals surface area contributed by atoms with Gasteiger partial charge in [-0.05, 0) is 46.9 Å². The molecule has 0 aliphatic rings. The first-order chi connectivity index (χ1) is 14.8. The third kappa shape index (κ3) is 4.02. The van der Waals surface area contributed by atoms with Gasteiger partial charge in [-0.15, -0.1) is 10.2 Å². The topological polar surface area (TPSA) is 109 Å². The van der Waals surface area contributed by atoms with Crippen LogP contribution in [0.3, 0.4) is 0 Å². The van der Waals surface area contributed by atoms with Gasteiger partial charge in [-0.3, -0.25) is 0 Å². The largest absolute Gasteiger partial charge is 0.348 e. The molecule has 0 fully saturated rings. The second-order valence-electron chi connectivity index (χ2n) is 7.37. The number of rotatable bonds is 9. The average molecular weight is 402 g/mol. The fourth-order valence-electron chi connectivity index (χ4n) is 4.10. The van der Waals surface area contributed by atoms with E-state index in [0.717, 1.165) is 53.8 Å². The zero-order chi connectivity index (χ0) is 20.8. The Bertz CT molecular complexity index is 1040. The molecule has 0 saturated heterocycles. The van der Waals surface area contributed by atoms with E-state index in [4.69, 9.17) is 5.73 Å². The van der Waals surface area contributed by atoms with Gasteiger partial charge in [-0.1, -0.05) is 62.2 Å². The van der Waals surface area contributed by atoms with Gasteiger partial charge in [0.25, 0.3) is 0 Å². The lowest BCUT2D eigenvalue weighted by atomic mass is 9.82. The second-order valence-corrected chi connectivity index (χ2v) is 7.37. The zero-order valence-electron chi connectivity index (χ0n) is 17.2. The van der Waals surface area contributed by atoms with Gasteiger partial charge in [0.2, 0.25) is 5.82 Å². The highest BCUT2D eigenvalue weighted by molar-refractivity contribution is 5.84. The Kier molecular flexibility index (Phi) is 6.29. The van der Waals surface area contributed by atoms with E-state index in [1.165, 1.54) is 5.56 Å². The number of imidazole rings is 1. The molecule has 4 N–H and O–H groups in total. The molecule has 1 unspecified atom stereocenters. The maximum Gasteiger partial charge on any atom is 0.205 e. The molecule has 0 aliphatic carbocycles. The Labute approximate surface area is 176 Å². The van der Waals surface area contributed by atoms with Crippen molar-refractivity contribution in [1.29, 1.82) is 0 Å². The third-order valence-corrected chi connectivity index (χ3v) is 5.47. The number of hydrogen-bond acceptors (Lipinski definition) is 5. The molecule has 0 spiro atoms. The van der Waals surface area contributed by atoms with Crippen LogP contribution < -0.4 is 5.73 Å². The van der Waals surface area contributed by atoms with Crippen LogP contribution in [-0.4, -0.2) is 37.1 Å². The maximum atomic E-state index is 6.07. The Morgan fingerprint density at radius 1 is 1.10 bits per heavy atom. The molecule has 2 aromatic heterocycles. The number of H-pyrrole nitrogens is 2. The normalized spacial score (nSPS) is 12.2. The highest BCUT2D eigenvalue weighted by atomic mass is 15.5. The minimum Gasteiger partial charge on any atom is -0.348 e. The molecule has 2 aromatic carbocycles. The van der Waals surface area contributed by atoms with Crippen molar-refractivity contribution in [1.82, 2.24) is 30.6 Å². The van der Waals surface area contributed by atoms with E-state index in [2.05, 4.69) is 61.8 Å². The van der Waals surface area contributed by atoms with Crippen molar-refractivity contribution < 1.29 is 0 Å². The van der Waals surface area contributed by atoms with Crippen LogP contribution in [-0.2, 0) is 6.42 Å². The Hall–Kier alpha value is -3.32. The van der Waals surface area contributed by atoms with E-state index in [0.29, 0.717) is 12.4 Å². The molecular weight excluding hydrogens is 374 g/mol. The van der Waals surface area contributed by atoms with Gasteiger partial charge in [0.1, 0.15) is 5.82 Å². The van der Waals surface area contributed by atoms with Gasteiger partial charge < -0.3 is 10.7 Å². The summed E-state index contributed by atoms with van der Waals surface area (Å²) >= 11 is 0. The highest BCUT2D eigenvalue weighted by Crippen LogP contribution is 2.40. The molecule has 30 heavy (non-hydrogen) atoms. The SMILES string of the molecule is CCCCC(c1ncc[nH]1)c1ccc(-c2ccccc2)c(-c2nn[nH]n2)c1CCN. The smallest absolute Gasteiger partial charge is 0.205 e. The van der Waals surface area contributed by atoms with Crippen molar-refractivity contribution in [3.05, 3.63) is 71.8 Å². The minimum absolute atomic E-state index is 0.164. The molecule has 0 bridgehead atoms. The maximum absolute atomic E-state index is 6.07. The highest BCUT2D eigenvalue weighted by Gasteiger charge is 2.25. The summed E-state index contributed by atoms with van der Waals surface area (Å²) in [5.74, 6) is 1.73. The van der Waals surface area contributed by atoms with E-state index < -0.39 is 0 Å². The summed E-state index contributed by atoms with van der Waals surface area (Å²) in [6.07, 6.45) is 7.68. The lowest BCUT2D eigenvalue weighted by molar-refractivity contribution is 0.623. The number of tetrazole rings is 1. The summed E-state index contributed by atoms with van der Waals surface area (Å²) in [4.78, 5) is 7.91. The van der Waals surface area contributed by atoms with E-state index in [9.17, 15) is 0 Å². The molecular formula is C23H27N7. The molecule has 7 nitrogen and oxygen atoms in total. The van der Waals surface area contributed by atoms with Crippen LogP contribution >= 0.6 is 0 Å². The number of nitrogens with one attached hydrogen (secondary N) is 2. The lowest BCUT2D eigenvalue weighted by Crippen LogP contribution is -2.13. The third-order valence-electron chi connectivity index (χ3n) is 5.47.